The van der Waals surface area contributed by atoms with Crippen molar-refractivity contribution in [2.75, 3.05) is 11.1 Å². The zero-order valence-electron chi connectivity index (χ0n) is 9.65. The first-order valence-corrected chi connectivity index (χ1v) is 6.91. The molecule has 6 heteroatoms. The lowest BCUT2D eigenvalue weighted by Gasteiger charge is -2.10. The van der Waals surface area contributed by atoms with Crippen LogP contribution < -0.4 is 11.1 Å². The maximum Gasteiger partial charge on any atom is 0.257 e. The van der Waals surface area contributed by atoms with Crippen LogP contribution in [0.1, 0.15) is 10.4 Å². The zero-order valence-corrected chi connectivity index (χ0v) is 12.8. The standard InChI is InChI=1S/C13H10Br2N2O2/c14-7-1-3-10(15)12(5-7)17-13(19)9-6-8(18)2-4-11(9)16/h1-6,18H,16H2,(H,17,19). The van der Waals surface area contributed by atoms with E-state index in [9.17, 15) is 9.90 Å². The molecule has 0 aliphatic rings. The van der Waals surface area contributed by atoms with Crippen molar-refractivity contribution in [3.05, 3.63) is 50.9 Å². The zero-order chi connectivity index (χ0) is 14.0. The molecule has 4 nitrogen and oxygen atoms in total. The molecule has 2 rings (SSSR count). The van der Waals surface area contributed by atoms with Crippen molar-refractivity contribution in [2.24, 2.45) is 0 Å². The van der Waals surface area contributed by atoms with Crippen LogP contribution in [0.15, 0.2) is 45.3 Å². The second-order valence-electron chi connectivity index (χ2n) is 3.85. The first kappa shape index (κ1) is 13.9. The van der Waals surface area contributed by atoms with Crippen molar-refractivity contribution in [1.29, 1.82) is 0 Å². The Hall–Kier alpha value is -1.53. The summed E-state index contributed by atoms with van der Waals surface area (Å²) in [5.41, 5.74) is 6.87. The molecule has 4 N–H and O–H groups in total. The number of nitrogen functional groups attached to an aromatic ring is 1. The number of halogens is 2. The molecule has 0 unspecified atom stereocenters. The van der Waals surface area contributed by atoms with Crippen LogP contribution in [0.5, 0.6) is 5.75 Å². The average Bonchev–Trinajstić information content (AvgIpc) is 2.36. The number of amides is 1. The molecule has 1 amide bonds. The number of benzene rings is 2. The van der Waals surface area contributed by atoms with Crippen LogP contribution in [0.3, 0.4) is 0 Å². The number of aromatic hydroxyl groups is 1. The van der Waals surface area contributed by atoms with Gasteiger partial charge >= 0.3 is 0 Å². The number of phenolic OH excluding ortho intramolecular Hbond substituents is 1. The summed E-state index contributed by atoms with van der Waals surface area (Å²) in [6.07, 6.45) is 0. The van der Waals surface area contributed by atoms with E-state index in [1.165, 1.54) is 18.2 Å². The van der Waals surface area contributed by atoms with Gasteiger partial charge in [-0.3, -0.25) is 4.79 Å². The molecule has 2 aromatic rings. The maximum absolute atomic E-state index is 12.1. The van der Waals surface area contributed by atoms with E-state index in [-0.39, 0.29) is 17.2 Å². The molecule has 0 fully saturated rings. The van der Waals surface area contributed by atoms with Crippen LogP contribution >= 0.6 is 31.9 Å². The molecule has 0 spiro atoms. The van der Waals surface area contributed by atoms with Crippen molar-refractivity contribution in [3.8, 4) is 5.75 Å². The van der Waals surface area contributed by atoms with Gasteiger partial charge in [-0.1, -0.05) is 15.9 Å². The summed E-state index contributed by atoms with van der Waals surface area (Å²) >= 11 is 6.68. The van der Waals surface area contributed by atoms with Crippen LogP contribution in [0.4, 0.5) is 11.4 Å². The Morgan fingerprint density at radius 3 is 2.63 bits per heavy atom. The molecule has 0 bridgehead atoms. The number of nitrogens with one attached hydrogen (secondary N) is 1. The molecular weight excluding hydrogens is 376 g/mol. The van der Waals surface area contributed by atoms with Crippen molar-refractivity contribution < 1.29 is 9.90 Å². The molecule has 0 aliphatic heterocycles. The number of hydrogen-bond donors (Lipinski definition) is 3. The summed E-state index contributed by atoms with van der Waals surface area (Å²) in [6.45, 7) is 0. The molecule has 0 aliphatic carbocycles. The first-order valence-electron chi connectivity index (χ1n) is 5.32. The van der Waals surface area contributed by atoms with Gasteiger partial charge in [-0.15, -0.1) is 0 Å². The molecule has 0 atom stereocenters. The summed E-state index contributed by atoms with van der Waals surface area (Å²) in [6, 6.07) is 9.67. The Morgan fingerprint density at radius 1 is 1.16 bits per heavy atom. The van der Waals surface area contributed by atoms with Gasteiger partial charge in [0.1, 0.15) is 5.75 Å². The second kappa shape index (κ2) is 5.63. The third-order valence-electron chi connectivity index (χ3n) is 2.46. The number of rotatable bonds is 2. The SMILES string of the molecule is Nc1ccc(O)cc1C(=O)Nc1cc(Br)ccc1Br. The minimum Gasteiger partial charge on any atom is -0.508 e. The number of carbonyl (C=O) groups is 1. The quantitative estimate of drug-likeness (QED) is 0.544. The molecular formula is C13H10Br2N2O2. The number of phenols is 1. The minimum absolute atomic E-state index is 0.00680. The highest BCUT2D eigenvalue weighted by Gasteiger charge is 2.12. The summed E-state index contributed by atoms with van der Waals surface area (Å²) in [5.74, 6) is -0.389. The topological polar surface area (TPSA) is 75.3 Å². The van der Waals surface area contributed by atoms with Crippen LogP contribution in [-0.4, -0.2) is 11.0 Å². The molecule has 0 saturated heterocycles. The fourth-order valence-corrected chi connectivity index (χ4v) is 2.23. The molecule has 2 aromatic carbocycles. The van der Waals surface area contributed by atoms with E-state index in [0.717, 1.165) is 8.95 Å². The van der Waals surface area contributed by atoms with E-state index in [1.807, 2.05) is 12.1 Å². The summed E-state index contributed by atoms with van der Waals surface area (Å²) in [5, 5.41) is 12.1. The fraction of sp³-hybridized carbons (Fsp3) is 0. The summed E-state index contributed by atoms with van der Waals surface area (Å²) in [4.78, 5) is 12.1. The van der Waals surface area contributed by atoms with E-state index in [1.54, 1.807) is 6.07 Å². The van der Waals surface area contributed by atoms with Crippen molar-refractivity contribution in [3.63, 3.8) is 0 Å². The molecule has 0 heterocycles. The average molecular weight is 386 g/mol. The third-order valence-corrected chi connectivity index (χ3v) is 3.64. The molecule has 19 heavy (non-hydrogen) atoms. The van der Waals surface area contributed by atoms with E-state index in [2.05, 4.69) is 37.2 Å². The predicted octanol–water partition coefficient (Wildman–Crippen LogP) is 3.75. The van der Waals surface area contributed by atoms with Gasteiger partial charge in [0, 0.05) is 14.6 Å². The van der Waals surface area contributed by atoms with E-state index in [0.29, 0.717) is 11.4 Å². The lowest BCUT2D eigenvalue weighted by molar-refractivity contribution is 0.102. The third kappa shape index (κ3) is 3.27. The maximum atomic E-state index is 12.1. The van der Waals surface area contributed by atoms with Crippen molar-refractivity contribution in [1.82, 2.24) is 0 Å². The number of nitrogens with two attached hydrogens (primary N) is 1. The van der Waals surface area contributed by atoms with Crippen LogP contribution in [-0.2, 0) is 0 Å². The number of anilines is 2. The van der Waals surface area contributed by atoms with E-state index < -0.39 is 0 Å². The lowest BCUT2D eigenvalue weighted by atomic mass is 10.1. The largest absolute Gasteiger partial charge is 0.508 e. The Kier molecular flexibility index (Phi) is 4.11. The van der Waals surface area contributed by atoms with E-state index >= 15 is 0 Å². The second-order valence-corrected chi connectivity index (χ2v) is 5.62. The van der Waals surface area contributed by atoms with Gasteiger partial charge in [0.05, 0.1) is 11.3 Å². The highest BCUT2D eigenvalue weighted by atomic mass is 79.9. The first-order chi connectivity index (χ1) is 8.97. The molecule has 0 saturated carbocycles. The van der Waals surface area contributed by atoms with Gasteiger partial charge in [0.25, 0.3) is 5.91 Å². The van der Waals surface area contributed by atoms with Crippen LogP contribution in [0.25, 0.3) is 0 Å². The Bertz CT molecular complexity index is 645. The van der Waals surface area contributed by atoms with Crippen molar-refractivity contribution in [2.45, 2.75) is 0 Å². The lowest BCUT2D eigenvalue weighted by Crippen LogP contribution is -2.14. The summed E-state index contributed by atoms with van der Waals surface area (Å²) < 4.78 is 1.60. The number of carbonyl (C=O) groups excluding carboxylic acids is 1. The fourth-order valence-electron chi connectivity index (χ4n) is 1.52. The Balaban J connectivity index is 2.30. The highest BCUT2D eigenvalue weighted by Crippen LogP contribution is 2.27. The van der Waals surface area contributed by atoms with Gasteiger partial charge in [-0.2, -0.15) is 0 Å². The van der Waals surface area contributed by atoms with Gasteiger partial charge < -0.3 is 16.2 Å². The summed E-state index contributed by atoms with van der Waals surface area (Å²) in [7, 11) is 0. The van der Waals surface area contributed by atoms with Gasteiger partial charge in [-0.05, 0) is 52.3 Å². The Morgan fingerprint density at radius 2 is 1.89 bits per heavy atom. The molecule has 0 radical (unpaired) electrons. The van der Waals surface area contributed by atoms with Gasteiger partial charge in [-0.25, -0.2) is 0 Å². The van der Waals surface area contributed by atoms with Crippen LogP contribution in [0.2, 0.25) is 0 Å². The van der Waals surface area contributed by atoms with Crippen molar-refractivity contribution >= 4 is 49.1 Å². The number of hydrogen-bond acceptors (Lipinski definition) is 3. The van der Waals surface area contributed by atoms with Gasteiger partial charge in [0.15, 0.2) is 0 Å². The highest BCUT2D eigenvalue weighted by molar-refractivity contribution is 9.11. The molecule has 0 aromatic heterocycles. The molecule has 98 valence electrons. The van der Waals surface area contributed by atoms with Gasteiger partial charge in [0.2, 0.25) is 0 Å². The monoisotopic (exact) mass is 384 g/mol. The minimum atomic E-state index is -0.382. The normalized spacial score (nSPS) is 10.2. The Labute approximate surface area is 126 Å². The predicted molar refractivity (Wildman–Crippen MR) is 82.3 cm³/mol. The van der Waals surface area contributed by atoms with Crippen LogP contribution in [0, 0.1) is 0 Å². The smallest absolute Gasteiger partial charge is 0.257 e. The van der Waals surface area contributed by atoms with E-state index in [4.69, 9.17) is 5.73 Å².